The number of ether oxygens (including phenoxy) is 1. The van der Waals surface area contributed by atoms with Crippen LogP contribution in [0.4, 0.5) is 0 Å². The highest BCUT2D eigenvalue weighted by molar-refractivity contribution is 5.75. The molecule has 1 rings (SSSR count). The summed E-state index contributed by atoms with van der Waals surface area (Å²) in [6, 6.07) is 0.0800. The minimum Gasteiger partial charge on any atom is -0.465 e. The molecule has 0 spiro atoms. The highest BCUT2D eigenvalue weighted by atomic mass is 16.5. The minimum absolute atomic E-state index is 0.293. The number of nitrogens with zero attached hydrogens (tertiary/aromatic N) is 2. The Morgan fingerprint density at radius 3 is 2.35 bits per heavy atom. The van der Waals surface area contributed by atoms with Gasteiger partial charge in [0, 0.05) is 38.8 Å². The molecule has 0 radical (unpaired) electrons. The molecule has 5 nitrogen and oxygen atoms in total. The number of hydrogen-bond donors (Lipinski definition) is 1. The minimum atomic E-state index is -0.513. The number of carbonyl (C=O) groups is 1. The Kier molecular flexibility index (Phi) is 5.88. The van der Waals surface area contributed by atoms with Crippen LogP contribution in [0.25, 0.3) is 0 Å². The molecule has 1 aliphatic heterocycles. The molecule has 0 aromatic rings. The van der Waals surface area contributed by atoms with E-state index in [1.54, 1.807) is 6.92 Å². The van der Waals surface area contributed by atoms with Gasteiger partial charge >= 0.3 is 5.97 Å². The molecular weight excluding hydrogens is 218 g/mol. The lowest BCUT2D eigenvalue weighted by molar-refractivity contribution is -0.145. The second kappa shape index (κ2) is 6.93. The van der Waals surface area contributed by atoms with Gasteiger partial charge in [-0.15, -0.1) is 0 Å². The van der Waals surface area contributed by atoms with E-state index >= 15 is 0 Å². The van der Waals surface area contributed by atoms with E-state index < -0.39 is 6.04 Å². The maximum absolute atomic E-state index is 11.4. The highest BCUT2D eigenvalue weighted by Gasteiger charge is 2.23. The summed E-state index contributed by atoms with van der Waals surface area (Å²) < 4.78 is 4.90. The average Bonchev–Trinajstić information content (AvgIpc) is 2.30. The third-order valence-electron chi connectivity index (χ3n) is 3.18. The fourth-order valence-corrected chi connectivity index (χ4v) is 2.06. The van der Waals surface area contributed by atoms with E-state index in [-0.39, 0.29) is 5.97 Å². The SMILES string of the molecule is CCOC(=O)C(N)CN1CCN(C(C)C)CC1. The van der Waals surface area contributed by atoms with Gasteiger partial charge in [-0.3, -0.25) is 14.6 Å². The summed E-state index contributed by atoms with van der Waals surface area (Å²) in [5.74, 6) is -0.293. The zero-order valence-electron chi connectivity index (χ0n) is 11.2. The predicted octanol–water partition coefficient (Wildman–Crippen LogP) is -0.0972. The molecule has 1 atom stereocenters. The largest absolute Gasteiger partial charge is 0.465 e. The lowest BCUT2D eigenvalue weighted by Gasteiger charge is -2.37. The van der Waals surface area contributed by atoms with E-state index in [1.165, 1.54) is 0 Å². The monoisotopic (exact) mass is 243 g/mol. The van der Waals surface area contributed by atoms with E-state index in [4.69, 9.17) is 10.5 Å². The third-order valence-corrected chi connectivity index (χ3v) is 3.18. The number of piperazine rings is 1. The second-order valence-corrected chi connectivity index (χ2v) is 4.79. The molecule has 1 saturated heterocycles. The maximum Gasteiger partial charge on any atom is 0.324 e. The third kappa shape index (κ3) is 4.61. The van der Waals surface area contributed by atoms with Crippen molar-refractivity contribution in [3.05, 3.63) is 0 Å². The first-order valence-electron chi connectivity index (χ1n) is 6.43. The molecular formula is C12H25N3O2. The Hall–Kier alpha value is -0.650. The van der Waals surface area contributed by atoms with Crippen LogP contribution in [0.2, 0.25) is 0 Å². The summed E-state index contributed by atoms with van der Waals surface area (Å²) in [6.45, 7) is 11.3. The van der Waals surface area contributed by atoms with E-state index in [0.717, 1.165) is 26.2 Å². The number of esters is 1. The Bertz CT molecular complexity index is 238. The maximum atomic E-state index is 11.4. The Morgan fingerprint density at radius 1 is 1.29 bits per heavy atom. The van der Waals surface area contributed by atoms with Crippen LogP contribution in [-0.4, -0.2) is 67.2 Å². The van der Waals surface area contributed by atoms with Gasteiger partial charge in [-0.2, -0.15) is 0 Å². The summed E-state index contributed by atoms with van der Waals surface area (Å²) in [7, 11) is 0. The molecule has 0 aromatic heterocycles. The molecule has 100 valence electrons. The second-order valence-electron chi connectivity index (χ2n) is 4.79. The van der Waals surface area contributed by atoms with Gasteiger partial charge in [-0.05, 0) is 20.8 Å². The number of rotatable bonds is 5. The molecule has 0 aliphatic carbocycles. The summed E-state index contributed by atoms with van der Waals surface area (Å²) in [5, 5.41) is 0. The van der Waals surface area contributed by atoms with Crippen molar-refractivity contribution in [1.82, 2.24) is 9.80 Å². The zero-order chi connectivity index (χ0) is 12.8. The van der Waals surface area contributed by atoms with E-state index in [1.807, 2.05) is 0 Å². The zero-order valence-corrected chi connectivity index (χ0v) is 11.2. The Labute approximate surface area is 104 Å². The molecule has 1 heterocycles. The topological polar surface area (TPSA) is 58.8 Å². The van der Waals surface area contributed by atoms with Crippen molar-refractivity contribution in [3.63, 3.8) is 0 Å². The van der Waals surface area contributed by atoms with Crippen molar-refractivity contribution in [2.75, 3.05) is 39.3 Å². The van der Waals surface area contributed by atoms with Gasteiger partial charge in [0.2, 0.25) is 0 Å². The number of hydrogen-bond acceptors (Lipinski definition) is 5. The first-order chi connectivity index (χ1) is 8.04. The Morgan fingerprint density at radius 2 is 1.88 bits per heavy atom. The van der Waals surface area contributed by atoms with Crippen LogP contribution in [0.1, 0.15) is 20.8 Å². The molecule has 0 aromatic carbocycles. The van der Waals surface area contributed by atoms with Gasteiger partial charge in [0.15, 0.2) is 0 Å². The van der Waals surface area contributed by atoms with Crippen LogP contribution >= 0.6 is 0 Å². The smallest absolute Gasteiger partial charge is 0.324 e. The molecule has 0 saturated carbocycles. The quantitative estimate of drug-likeness (QED) is 0.684. The predicted molar refractivity (Wildman–Crippen MR) is 67.8 cm³/mol. The van der Waals surface area contributed by atoms with Crippen LogP contribution in [0, 0.1) is 0 Å². The standard InChI is InChI=1S/C12H25N3O2/c1-4-17-12(16)11(13)9-14-5-7-15(8-6-14)10(2)3/h10-11H,4-9,13H2,1-3H3. The molecule has 2 N–H and O–H groups in total. The average molecular weight is 243 g/mol. The molecule has 1 aliphatic rings. The van der Waals surface area contributed by atoms with Crippen molar-refractivity contribution in [2.45, 2.75) is 32.9 Å². The van der Waals surface area contributed by atoms with Gasteiger partial charge in [0.05, 0.1) is 6.61 Å². The van der Waals surface area contributed by atoms with Crippen molar-refractivity contribution in [1.29, 1.82) is 0 Å². The lowest BCUT2D eigenvalue weighted by atomic mass is 10.2. The van der Waals surface area contributed by atoms with Crippen molar-refractivity contribution < 1.29 is 9.53 Å². The van der Waals surface area contributed by atoms with Gasteiger partial charge in [0.1, 0.15) is 6.04 Å². The summed E-state index contributed by atoms with van der Waals surface area (Å²) in [5.41, 5.74) is 5.80. The van der Waals surface area contributed by atoms with Crippen molar-refractivity contribution >= 4 is 5.97 Å². The van der Waals surface area contributed by atoms with Crippen molar-refractivity contribution in [2.24, 2.45) is 5.73 Å². The Balaban J connectivity index is 2.28. The number of carbonyl (C=O) groups excluding carboxylic acids is 1. The van der Waals surface area contributed by atoms with Crippen LogP contribution in [0.5, 0.6) is 0 Å². The molecule has 1 fully saturated rings. The van der Waals surface area contributed by atoms with Gasteiger partial charge in [-0.25, -0.2) is 0 Å². The van der Waals surface area contributed by atoms with Gasteiger partial charge < -0.3 is 10.5 Å². The van der Waals surface area contributed by atoms with Crippen LogP contribution in [0.15, 0.2) is 0 Å². The first-order valence-corrected chi connectivity index (χ1v) is 6.43. The molecule has 0 amide bonds. The van der Waals surface area contributed by atoms with E-state index in [0.29, 0.717) is 19.2 Å². The first kappa shape index (κ1) is 14.4. The van der Waals surface area contributed by atoms with E-state index in [9.17, 15) is 4.79 Å². The van der Waals surface area contributed by atoms with Gasteiger partial charge in [-0.1, -0.05) is 0 Å². The summed E-state index contributed by atoms with van der Waals surface area (Å²) >= 11 is 0. The normalized spacial score (nSPS) is 20.5. The molecule has 1 unspecified atom stereocenters. The van der Waals surface area contributed by atoms with Crippen LogP contribution < -0.4 is 5.73 Å². The van der Waals surface area contributed by atoms with E-state index in [2.05, 4.69) is 23.6 Å². The van der Waals surface area contributed by atoms with Crippen LogP contribution in [0.3, 0.4) is 0 Å². The molecule has 17 heavy (non-hydrogen) atoms. The lowest BCUT2D eigenvalue weighted by Crippen LogP contribution is -2.53. The summed E-state index contributed by atoms with van der Waals surface area (Å²) in [4.78, 5) is 16.1. The fraction of sp³-hybridized carbons (Fsp3) is 0.917. The molecule has 5 heteroatoms. The fourth-order valence-electron chi connectivity index (χ4n) is 2.06. The number of nitrogens with two attached hydrogens (primary N) is 1. The van der Waals surface area contributed by atoms with Crippen molar-refractivity contribution in [3.8, 4) is 0 Å². The van der Waals surface area contributed by atoms with Crippen LogP contribution in [-0.2, 0) is 9.53 Å². The molecule has 0 bridgehead atoms. The van der Waals surface area contributed by atoms with Gasteiger partial charge in [0.25, 0.3) is 0 Å². The highest BCUT2D eigenvalue weighted by Crippen LogP contribution is 2.06. The summed E-state index contributed by atoms with van der Waals surface area (Å²) in [6.07, 6.45) is 0.